The Morgan fingerprint density at radius 3 is 2.44 bits per heavy atom. The largest absolute Gasteiger partial charge is 0.438 e. The number of halogens is 1. The van der Waals surface area contributed by atoms with Crippen molar-refractivity contribution in [3.63, 3.8) is 0 Å². The predicted octanol–water partition coefficient (Wildman–Crippen LogP) is 5.82. The summed E-state index contributed by atoms with van der Waals surface area (Å²) in [5, 5.41) is 3.14. The van der Waals surface area contributed by atoms with Gasteiger partial charge in [-0.05, 0) is 73.0 Å². The standard InChI is InChI=1S/C22H18ClN3O/c1-4-17-5-7-19(8-6-17)25-22-24-12-10-20(26-22)27-21-15(2)13-18(9-11-23)14-16(21)3/h1,5-14H,2-3H3,(H,24,25,26)/b11-9-. The lowest BCUT2D eigenvalue weighted by Gasteiger charge is -2.13. The van der Waals surface area contributed by atoms with E-state index in [0.717, 1.165) is 33.7 Å². The number of hydrogen-bond donors (Lipinski definition) is 1. The average molecular weight is 376 g/mol. The first-order chi connectivity index (χ1) is 13.1. The van der Waals surface area contributed by atoms with Crippen LogP contribution in [0.3, 0.4) is 0 Å². The third-order valence-corrected chi connectivity index (χ3v) is 4.01. The summed E-state index contributed by atoms with van der Waals surface area (Å²) in [5.74, 6) is 4.26. The first-order valence-electron chi connectivity index (χ1n) is 8.31. The summed E-state index contributed by atoms with van der Waals surface area (Å²) in [6.45, 7) is 3.97. The molecule has 0 bridgehead atoms. The van der Waals surface area contributed by atoms with Gasteiger partial charge < -0.3 is 10.1 Å². The predicted molar refractivity (Wildman–Crippen MR) is 111 cm³/mol. The second-order valence-corrected chi connectivity index (χ2v) is 6.20. The van der Waals surface area contributed by atoms with Crippen LogP contribution in [0.5, 0.6) is 11.6 Å². The number of aryl methyl sites for hydroxylation is 2. The molecule has 0 fully saturated rings. The van der Waals surface area contributed by atoms with E-state index in [1.54, 1.807) is 12.3 Å². The van der Waals surface area contributed by atoms with E-state index in [9.17, 15) is 0 Å². The van der Waals surface area contributed by atoms with Crippen LogP contribution in [-0.2, 0) is 0 Å². The van der Waals surface area contributed by atoms with Crippen LogP contribution in [0, 0.1) is 26.2 Å². The van der Waals surface area contributed by atoms with Gasteiger partial charge in [0.05, 0.1) is 0 Å². The van der Waals surface area contributed by atoms with Gasteiger partial charge in [0.25, 0.3) is 0 Å². The molecule has 0 aliphatic rings. The van der Waals surface area contributed by atoms with Gasteiger partial charge >= 0.3 is 0 Å². The van der Waals surface area contributed by atoms with Gasteiger partial charge in [-0.1, -0.05) is 17.5 Å². The van der Waals surface area contributed by atoms with Crippen molar-refractivity contribution in [3.8, 4) is 24.0 Å². The zero-order valence-corrected chi connectivity index (χ0v) is 15.8. The zero-order chi connectivity index (χ0) is 19.2. The van der Waals surface area contributed by atoms with Gasteiger partial charge in [0, 0.05) is 29.0 Å². The van der Waals surface area contributed by atoms with E-state index in [1.807, 2.05) is 56.3 Å². The van der Waals surface area contributed by atoms with Crippen LogP contribution in [0.25, 0.3) is 6.08 Å². The van der Waals surface area contributed by atoms with E-state index in [2.05, 4.69) is 21.2 Å². The highest BCUT2D eigenvalue weighted by molar-refractivity contribution is 6.27. The van der Waals surface area contributed by atoms with Crippen LogP contribution in [0.4, 0.5) is 11.6 Å². The van der Waals surface area contributed by atoms with Crippen molar-refractivity contribution in [2.75, 3.05) is 5.32 Å². The Kier molecular flexibility index (Phi) is 5.75. The number of aromatic nitrogens is 2. The lowest BCUT2D eigenvalue weighted by molar-refractivity contribution is 0.455. The van der Waals surface area contributed by atoms with Crippen LogP contribution in [0.15, 0.2) is 54.2 Å². The highest BCUT2D eigenvalue weighted by Crippen LogP contribution is 2.30. The summed E-state index contributed by atoms with van der Waals surface area (Å²) in [7, 11) is 0. The minimum Gasteiger partial charge on any atom is -0.438 e. The third-order valence-electron chi connectivity index (χ3n) is 3.88. The lowest BCUT2D eigenvalue weighted by Crippen LogP contribution is -1.99. The molecule has 1 heterocycles. The molecule has 0 aliphatic heterocycles. The second kappa shape index (κ2) is 8.39. The monoisotopic (exact) mass is 375 g/mol. The van der Waals surface area contributed by atoms with Crippen molar-refractivity contribution in [1.82, 2.24) is 9.97 Å². The van der Waals surface area contributed by atoms with Gasteiger partial charge in [-0.2, -0.15) is 4.98 Å². The van der Waals surface area contributed by atoms with Crippen LogP contribution in [-0.4, -0.2) is 9.97 Å². The number of anilines is 2. The van der Waals surface area contributed by atoms with Crippen molar-refractivity contribution in [1.29, 1.82) is 0 Å². The molecule has 0 saturated carbocycles. The molecule has 0 aliphatic carbocycles. The van der Waals surface area contributed by atoms with Crippen LogP contribution >= 0.6 is 11.6 Å². The van der Waals surface area contributed by atoms with Crippen molar-refractivity contribution >= 4 is 29.3 Å². The summed E-state index contributed by atoms with van der Waals surface area (Å²) in [6.07, 6.45) is 8.86. The molecule has 0 amide bonds. The van der Waals surface area contributed by atoms with E-state index in [-0.39, 0.29) is 0 Å². The molecule has 0 saturated heterocycles. The van der Waals surface area contributed by atoms with Crippen LogP contribution in [0.1, 0.15) is 22.3 Å². The number of hydrogen-bond acceptors (Lipinski definition) is 4. The Balaban J connectivity index is 1.81. The second-order valence-electron chi connectivity index (χ2n) is 5.94. The Labute approximate surface area is 163 Å². The normalized spacial score (nSPS) is 10.6. The van der Waals surface area contributed by atoms with Crippen molar-refractivity contribution in [2.45, 2.75) is 13.8 Å². The minimum absolute atomic E-state index is 0.443. The maximum absolute atomic E-state index is 6.01. The highest BCUT2D eigenvalue weighted by Gasteiger charge is 2.09. The smallest absolute Gasteiger partial charge is 0.230 e. The molecule has 0 atom stereocenters. The first-order valence-corrected chi connectivity index (χ1v) is 8.75. The van der Waals surface area contributed by atoms with Crippen molar-refractivity contribution in [2.24, 2.45) is 0 Å². The van der Waals surface area contributed by atoms with Gasteiger partial charge in [-0.15, -0.1) is 6.42 Å². The number of rotatable bonds is 5. The highest BCUT2D eigenvalue weighted by atomic mass is 35.5. The van der Waals surface area contributed by atoms with Gasteiger partial charge in [-0.25, -0.2) is 4.98 Å². The van der Waals surface area contributed by atoms with Crippen molar-refractivity contribution in [3.05, 3.63) is 76.5 Å². The molecular weight excluding hydrogens is 358 g/mol. The van der Waals surface area contributed by atoms with Gasteiger partial charge in [-0.3, -0.25) is 0 Å². The van der Waals surface area contributed by atoms with Crippen molar-refractivity contribution < 1.29 is 4.74 Å². The van der Waals surface area contributed by atoms with Gasteiger partial charge in [0.2, 0.25) is 11.8 Å². The van der Waals surface area contributed by atoms with Gasteiger partial charge in [0.1, 0.15) is 5.75 Å². The topological polar surface area (TPSA) is 47.0 Å². The maximum atomic E-state index is 6.01. The molecule has 5 heteroatoms. The third kappa shape index (κ3) is 4.66. The molecule has 4 nitrogen and oxygen atoms in total. The number of nitrogens with zero attached hydrogens (tertiary/aromatic N) is 2. The summed E-state index contributed by atoms with van der Waals surface area (Å²) in [6, 6.07) is 13.2. The average Bonchev–Trinajstić information content (AvgIpc) is 2.66. The SMILES string of the molecule is C#Cc1ccc(Nc2nccc(Oc3c(C)cc(/C=C\Cl)cc3C)n2)cc1. The Hall–Kier alpha value is -3.29. The molecule has 0 radical (unpaired) electrons. The van der Waals surface area contributed by atoms with Crippen LogP contribution in [0.2, 0.25) is 0 Å². The summed E-state index contributed by atoms with van der Waals surface area (Å²) in [5.41, 5.74) is 6.17. The number of nitrogens with one attached hydrogen (secondary N) is 1. The van der Waals surface area contributed by atoms with Gasteiger partial charge in [0.15, 0.2) is 0 Å². The number of benzene rings is 2. The van der Waals surface area contributed by atoms with E-state index in [0.29, 0.717) is 11.8 Å². The Morgan fingerprint density at radius 2 is 1.81 bits per heavy atom. The van der Waals surface area contributed by atoms with E-state index >= 15 is 0 Å². The quantitative estimate of drug-likeness (QED) is 0.571. The number of ether oxygens (including phenoxy) is 1. The lowest BCUT2D eigenvalue weighted by atomic mass is 10.1. The minimum atomic E-state index is 0.443. The van der Waals surface area contributed by atoms with Crippen LogP contribution < -0.4 is 10.1 Å². The number of terminal acetylenes is 1. The molecule has 27 heavy (non-hydrogen) atoms. The molecule has 3 aromatic rings. The van der Waals surface area contributed by atoms with E-state index < -0.39 is 0 Å². The Bertz CT molecular complexity index is 997. The zero-order valence-electron chi connectivity index (χ0n) is 15.0. The molecule has 3 rings (SSSR count). The molecular formula is C22H18ClN3O. The fraction of sp³-hybridized carbons (Fsp3) is 0.0909. The molecule has 0 spiro atoms. The first kappa shape index (κ1) is 18.5. The molecule has 2 aromatic carbocycles. The summed E-state index contributed by atoms with van der Waals surface area (Å²) >= 11 is 5.67. The van der Waals surface area contributed by atoms with E-state index in [4.69, 9.17) is 22.8 Å². The maximum Gasteiger partial charge on any atom is 0.230 e. The Morgan fingerprint density at radius 1 is 1.11 bits per heavy atom. The summed E-state index contributed by atoms with van der Waals surface area (Å²) in [4.78, 5) is 8.66. The summed E-state index contributed by atoms with van der Waals surface area (Å²) < 4.78 is 6.01. The van der Waals surface area contributed by atoms with E-state index in [1.165, 1.54) is 5.54 Å². The molecule has 0 unspecified atom stereocenters. The molecule has 134 valence electrons. The fourth-order valence-electron chi connectivity index (χ4n) is 2.66. The fourth-order valence-corrected chi connectivity index (χ4v) is 2.80. The molecule has 1 aromatic heterocycles. The molecule has 1 N–H and O–H groups in total.